The van der Waals surface area contributed by atoms with Gasteiger partial charge in [-0.2, -0.15) is 0 Å². The molecule has 29 heavy (non-hydrogen) atoms. The first-order valence-electron chi connectivity index (χ1n) is 8.33. The monoisotopic (exact) mass is 434 g/mol. The minimum Gasteiger partial charge on any atom is -0.495 e. The number of anilines is 1. The van der Waals surface area contributed by atoms with Crippen molar-refractivity contribution in [3.63, 3.8) is 0 Å². The molecule has 0 aliphatic carbocycles. The highest BCUT2D eigenvalue weighted by Crippen LogP contribution is 2.36. The molecular formula is C19H15ClN2O6S. The number of esters is 1. The molecule has 0 unspecified atom stereocenters. The zero-order valence-electron chi connectivity index (χ0n) is 15.3. The van der Waals surface area contributed by atoms with E-state index in [9.17, 15) is 19.7 Å². The van der Waals surface area contributed by atoms with Crippen LogP contribution in [0.15, 0.2) is 42.5 Å². The Morgan fingerprint density at radius 3 is 2.62 bits per heavy atom. The van der Waals surface area contributed by atoms with Gasteiger partial charge >= 0.3 is 5.97 Å². The van der Waals surface area contributed by atoms with Crippen LogP contribution in [0.5, 0.6) is 5.75 Å². The summed E-state index contributed by atoms with van der Waals surface area (Å²) in [4.78, 5) is 35.5. The first kappa shape index (κ1) is 20.6. The predicted octanol–water partition coefficient (Wildman–Crippen LogP) is 4.66. The van der Waals surface area contributed by atoms with Crippen LogP contribution < -0.4 is 10.1 Å². The van der Waals surface area contributed by atoms with Crippen LogP contribution in [0, 0.1) is 10.1 Å². The van der Waals surface area contributed by atoms with Crippen LogP contribution in [-0.2, 0) is 9.53 Å². The molecule has 1 heterocycles. The van der Waals surface area contributed by atoms with E-state index < -0.39 is 22.9 Å². The van der Waals surface area contributed by atoms with Crippen molar-refractivity contribution in [2.75, 3.05) is 12.4 Å². The lowest BCUT2D eigenvalue weighted by atomic mass is 10.2. The molecule has 1 atom stereocenters. The van der Waals surface area contributed by atoms with Crippen molar-refractivity contribution in [1.82, 2.24) is 0 Å². The van der Waals surface area contributed by atoms with Crippen molar-refractivity contribution in [3.8, 4) is 5.75 Å². The Bertz CT molecular complexity index is 1110. The van der Waals surface area contributed by atoms with Crippen molar-refractivity contribution in [3.05, 3.63) is 62.5 Å². The van der Waals surface area contributed by atoms with E-state index in [1.54, 1.807) is 12.1 Å². The number of carbonyl (C=O) groups excluding carboxylic acids is 2. The Morgan fingerprint density at radius 2 is 1.97 bits per heavy atom. The second-order valence-electron chi connectivity index (χ2n) is 5.92. The lowest BCUT2D eigenvalue weighted by Gasteiger charge is -2.15. The number of nitro groups is 1. The maximum Gasteiger partial charge on any atom is 0.350 e. The molecule has 2 aromatic carbocycles. The molecule has 0 saturated heterocycles. The van der Waals surface area contributed by atoms with Crippen LogP contribution in [0.3, 0.4) is 0 Å². The molecule has 1 aromatic heterocycles. The zero-order chi connectivity index (χ0) is 21.1. The first-order valence-corrected chi connectivity index (χ1v) is 9.52. The topological polar surface area (TPSA) is 108 Å². The summed E-state index contributed by atoms with van der Waals surface area (Å²) in [7, 11) is 1.36. The number of nitrogens with zero attached hydrogens (tertiary/aromatic N) is 1. The number of fused-ring (bicyclic) bond motifs is 1. The number of rotatable bonds is 6. The van der Waals surface area contributed by atoms with Gasteiger partial charge in [0.05, 0.1) is 22.7 Å². The van der Waals surface area contributed by atoms with E-state index in [0.717, 1.165) is 16.2 Å². The van der Waals surface area contributed by atoms with E-state index in [-0.39, 0.29) is 27.0 Å². The number of thiophene rings is 1. The highest BCUT2D eigenvalue weighted by molar-refractivity contribution is 7.21. The molecule has 1 amide bonds. The summed E-state index contributed by atoms with van der Waals surface area (Å²) in [6.45, 7) is 1.39. The maximum absolute atomic E-state index is 12.5. The molecule has 0 saturated carbocycles. The number of methoxy groups -OCH3 is 1. The fraction of sp³-hybridized carbons (Fsp3) is 0.158. The number of benzene rings is 2. The number of ether oxygens (including phenoxy) is 2. The molecule has 150 valence electrons. The number of hydrogen-bond acceptors (Lipinski definition) is 7. The Morgan fingerprint density at radius 1 is 1.24 bits per heavy atom. The summed E-state index contributed by atoms with van der Waals surface area (Å²) < 4.78 is 11.2. The Balaban J connectivity index is 1.75. The normalized spacial score (nSPS) is 11.7. The summed E-state index contributed by atoms with van der Waals surface area (Å²) in [5.41, 5.74) is -0.128. The number of nitrogens with one attached hydrogen (secondary N) is 1. The standard InChI is InChI=1S/C19H15ClN2O6S/c1-10(18(23)21-13-9-11(22(25)26)7-8-14(13)27-2)28-19(24)17-16(20)12-5-3-4-6-15(12)29-17/h3-10H,1-2H3,(H,21,23)/t10-/m1/s1. The quantitative estimate of drug-likeness (QED) is 0.343. The smallest absolute Gasteiger partial charge is 0.350 e. The molecular weight excluding hydrogens is 420 g/mol. The minimum absolute atomic E-state index is 0.0921. The molecule has 3 aromatic rings. The molecule has 10 heteroatoms. The average molecular weight is 435 g/mol. The second-order valence-corrected chi connectivity index (χ2v) is 7.35. The van der Waals surface area contributed by atoms with Gasteiger partial charge in [0.15, 0.2) is 6.10 Å². The van der Waals surface area contributed by atoms with Gasteiger partial charge in [-0.05, 0) is 19.1 Å². The summed E-state index contributed by atoms with van der Waals surface area (Å²) >= 11 is 7.43. The van der Waals surface area contributed by atoms with Crippen molar-refractivity contribution in [2.24, 2.45) is 0 Å². The summed E-state index contributed by atoms with van der Waals surface area (Å²) in [5, 5.41) is 14.4. The predicted molar refractivity (Wildman–Crippen MR) is 110 cm³/mol. The van der Waals surface area contributed by atoms with Crippen molar-refractivity contribution in [1.29, 1.82) is 0 Å². The third-order valence-electron chi connectivity index (χ3n) is 4.03. The Labute approximate surface area is 174 Å². The van der Waals surface area contributed by atoms with Crippen molar-refractivity contribution in [2.45, 2.75) is 13.0 Å². The fourth-order valence-electron chi connectivity index (χ4n) is 2.55. The van der Waals surface area contributed by atoms with Crippen LogP contribution in [0.2, 0.25) is 5.02 Å². The highest BCUT2D eigenvalue weighted by atomic mass is 35.5. The van der Waals surface area contributed by atoms with Gasteiger partial charge in [-0.25, -0.2) is 4.79 Å². The third kappa shape index (κ3) is 4.30. The summed E-state index contributed by atoms with van der Waals surface area (Å²) in [6.07, 6.45) is -1.17. The van der Waals surface area contributed by atoms with Gasteiger partial charge in [-0.15, -0.1) is 11.3 Å². The lowest BCUT2D eigenvalue weighted by Crippen LogP contribution is -2.30. The van der Waals surface area contributed by atoms with Crippen LogP contribution in [0.25, 0.3) is 10.1 Å². The highest BCUT2D eigenvalue weighted by Gasteiger charge is 2.24. The van der Waals surface area contributed by atoms with Gasteiger partial charge < -0.3 is 14.8 Å². The number of amides is 1. The van der Waals surface area contributed by atoms with E-state index in [0.29, 0.717) is 0 Å². The summed E-state index contributed by atoms with van der Waals surface area (Å²) in [5.74, 6) is -1.17. The number of non-ortho nitro benzene ring substituents is 1. The van der Waals surface area contributed by atoms with E-state index in [2.05, 4.69) is 5.32 Å². The Kier molecular flexibility index (Phi) is 6.00. The number of carbonyl (C=O) groups is 2. The van der Waals surface area contributed by atoms with Crippen molar-refractivity contribution < 1.29 is 24.0 Å². The molecule has 0 aliphatic heterocycles. The average Bonchev–Trinajstić information content (AvgIpc) is 3.04. The number of halogens is 1. The molecule has 0 bridgehead atoms. The first-order chi connectivity index (χ1) is 13.8. The SMILES string of the molecule is COc1ccc([N+](=O)[O-])cc1NC(=O)[C@@H](C)OC(=O)c1sc2ccccc2c1Cl. The molecule has 1 N–H and O–H groups in total. The Hall–Kier alpha value is -3.17. The lowest BCUT2D eigenvalue weighted by molar-refractivity contribution is -0.384. The van der Waals surface area contributed by atoms with E-state index in [1.807, 2.05) is 12.1 Å². The summed E-state index contributed by atoms with van der Waals surface area (Å²) in [6, 6.07) is 11.0. The number of nitro benzene ring substituents is 1. The van der Waals surface area contributed by atoms with Crippen LogP contribution >= 0.6 is 22.9 Å². The molecule has 0 spiro atoms. The van der Waals surface area contributed by atoms with Gasteiger partial charge in [0.25, 0.3) is 11.6 Å². The van der Waals surface area contributed by atoms with E-state index in [1.165, 1.54) is 37.5 Å². The largest absolute Gasteiger partial charge is 0.495 e. The van der Waals surface area contributed by atoms with Gasteiger partial charge in [-0.1, -0.05) is 29.8 Å². The maximum atomic E-state index is 12.5. The zero-order valence-corrected chi connectivity index (χ0v) is 16.9. The molecule has 3 rings (SSSR count). The van der Waals surface area contributed by atoms with Gasteiger partial charge in [0.1, 0.15) is 10.6 Å². The van der Waals surface area contributed by atoms with Crippen LogP contribution in [0.4, 0.5) is 11.4 Å². The van der Waals surface area contributed by atoms with E-state index >= 15 is 0 Å². The number of hydrogen-bond donors (Lipinski definition) is 1. The minimum atomic E-state index is -1.17. The van der Waals surface area contributed by atoms with Crippen molar-refractivity contribution >= 4 is 56.3 Å². The van der Waals surface area contributed by atoms with Crippen LogP contribution in [0.1, 0.15) is 16.6 Å². The van der Waals surface area contributed by atoms with Gasteiger partial charge in [-0.3, -0.25) is 14.9 Å². The molecule has 0 aliphatic rings. The third-order valence-corrected chi connectivity index (χ3v) is 5.68. The molecule has 8 nitrogen and oxygen atoms in total. The molecule has 0 radical (unpaired) electrons. The van der Waals surface area contributed by atoms with Gasteiger partial charge in [0.2, 0.25) is 0 Å². The van der Waals surface area contributed by atoms with E-state index in [4.69, 9.17) is 21.1 Å². The second kappa shape index (κ2) is 8.46. The van der Waals surface area contributed by atoms with Gasteiger partial charge in [0, 0.05) is 22.2 Å². The fourth-order valence-corrected chi connectivity index (χ4v) is 3.95. The molecule has 0 fully saturated rings. The van der Waals surface area contributed by atoms with Crippen LogP contribution in [-0.4, -0.2) is 30.0 Å².